The van der Waals surface area contributed by atoms with Gasteiger partial charge in [-0.1, -0.05) is 24.3 Å². The van der Waals surface area contributed by atoms with E-state index in [1.807, 2.05) is 12.3 Å². The molecule has 2 bridgehead atoms. The Balaban J connectivity index is 1.15. The number of aromatic nitrogens is 3. The van der Waals surface area contributed by atoms with E-state index in [2.05, 4.69) is 73.5 Å². The first-order chi connectivity index (χ1) is 18.2. The second kappa shape index (κ2) is 10.6. The van der Waals surface area contributed by atoms with Crippen LogP contribution in [0.5, 0.6) is 0 Å². The Labute approximate surface area is 219 Å². The number of aryl methyl sites for hydroxylation is 2. The minimum atomic E-state index is 0.462. The Hall–Kier alpha value is -3.23. The highest BCUT2D eigenvalue weighted by atomic mass is 15.3. The fraction of sp³-hybridized carbons (Fsp3) is 0.483. The van der Waals surface area contributed by atoms with Crippen molar-refractivity contribution < 1.29 is 0 Å². The third kappa shape index (κ3) is 5.13. The van der Waals surface area contributed by atoms with E-state index in [0.29, 0.717) is 17.9 Å². The molecule has 0 spiro atoms. The molecule has 1 aromatic carbocycles. The summed E-state index contributed by atoms with van der Waals surface area (Å²) >= 11 is 0. The standard InChI is InChI=1S/C29H38N8/c1-21-5-2-3-7-26(21)27-18-28(29(30)34-33-27)36-19-24-8-9-25(20-36)37(24)23-10-11-32-22(17-23)6-4-14-35-15-12-31-13-16-35/h2-3,5,7,10-11,17-18,24-25,31H,4,6,8-9,12-16,19-20H2,1H3,(H2,30,34). The van der Waals surface area contributed by atoms with Crippen molar-refractivity contribution in [1.29, 1.82) is 0 Å². The highest BCUT2D eigenvalue weighted by Gasteiger charge is 2.40. The summed E-state index contributed by atoms with van der Waals surface area (Å²) in [5.74, 6) is 0.515. The summed E-state index contributed by atoms with van der Waals surface area (Å²) in [6, 6.07) is 15.9. The molecule has 3 aliphatic heterocycles. The molecule has 37 heavy (non-hydrogen) atoms. The van der Waals surface area contributed by atoms with Crippen molar-refractivity contribution in [3.8, 4) is 11.3 Å². The van der Waals surface area contributed by atoms with Crippen LogP contribution in [0.15, 0.2) is 48.7 Å². The van der Waals surface area contributed by atoms with Gasteiger partial charge in [-0.15, -0.1) is 10.2 Å². The Bertz CT molecular complexity index is 1210. The van der Waals surface area contributed by atoms with E-state index in [4.69, 9.17) is 10.7 Å². The number of nitrogens with two attached hydrogens (primary N) is 1. The van der Waals surface area contributed by atoms with E-state index in [9.17, 15) is 0 Å². The molecular formula is C29H38N8. The number of fused-ring (bicyclic) bond motifs is 2. The summed E-state index contributed by atoms with van der Waals surface area (Å²) in [6.07, 6.45) is 6.60. The summed E-state index contributed by atoms with van der Waals surface area (Å²) in [6.45, 7) is 9.69. The van der Waals surface area contributed by atoms with E-state index in [0.717, 1.165) is 75.6 Å². The molecule has 3 aromatic rings. The van der Waals surface area contributed by atoms with Crippen molar-refractivity contribution in [2.75, 3.05) is 61.3 Å². The van der Waals surface area contributed by atoms with Crippen LogP contribution >= 0.6 is 0 Å². The number of hydrogen-bond donors (Lipinski definition) is 2. The van der Waals surface area contributed by atoms with Gasteiger partial charge in [-0.2, -0.15) is 0 Å². The Kier molecular flexibility index (Phi) is 6.93. The van der Waals surface area contributed by atoms with Crippen LogP contribution in [0.2, 0.25) is 0 Å². The van der Waals surface area contributed by atoms with E-state index in [1.54, 1.807) is 0 Å². The van der Waals surface area contributed by atoms with E-state index in [1.165, 1.54) is 29.8 Å². The maximum atomic E-state index is 6.37. The van der Waals surface area contributed by atoms with Crippen LogP contribution in [0.4, 0.5) is 17.2 Å². The van der Waals surface area contributed by atoms with E-state index < -0.39 is 0 Å². The van der Waals surface area contributed by atoms with Crippen molar-refractivity contribution in [1.82, 2.24) is 25.4 Å². The second-order valence-electron chi connectivity index (χ2n) is 10.7. The lowest BCUT2D eigenvalue weighted by atomic mass is 10.0. The maximum absolute atomic E-state index is 6.37. The lowest BCUT2D eigenvalue weighted by Crippen LogP contribution is -2.54. The largest absolute Gasteiger partial charge is 0.380 e. The number of nitrogens with one attached hydrogen (secondary N) is 1. The molecule has 194 valence electrons. The van der Waals surface area contributed by atoms with Gasteiger partial charge in [-0.25, -0.2) is 0 Å². The molecule has 0 saturated carbocycles. The number of nitrogens with zero attached hydrogens (tertiary/aromatic N) is 6. The predicted octanol–water partition coefficient (Wildman–Crippen LogP) is 3.12. The van der Waals surface area contributed by atoms with Gasteiger partial charge in [-0.3, -0.25) is 4.98 Å². The molecule has 0 aliphatic carbocycles. The van der Waals surface area contributed by atoms with Crippen LogP contribution in [0.25, 0.3) is 11.3 Å². The first-order valence-corrected chi connectivity index (χ1v) is 13.8. The molecule has 6 rings (SSSR count). The average Bonchev–Trinajstić information content (AvgIpc) is 3.19. The molecule has 5 heterocycles. The van der Waals surface area contributed by atoms with Crippen LogP contribution in [0, 0.1) is 6.92 Å². The molecule has 3 fully saturated rings. The van der Waals surface area contributed by atoms with Gasteiger partial charge in [0.15, 0.2) is 5.82 Å². The maximum Gasteiger partial charge on any atom is 0.169 e. The fourth-order valence-corrected chi connectivity index (χ4v) is 6.34. The van der Waals surface area contributed by atoms with Crippen molar-refractivity contribution >= 4 is 17.2 Å². The molecule has 3 N–H and O–H groups in total. The number of piperazine rings is 2. The number of nitrogen functional groups attached to an aromatic ring is 1. The highest BCUT2D eigenvalue weighted by molar-refractivity contribution is 5.73. The van der Waals surface area contributed by atoms with Crippen LogP contribution in [-0.4, -0.2) is 78.0 Å². The van der Waals surface area contributed by atoms with Crippen molar-refractivity contribution in [2.24, 2.45) is 0 Å². The molecule has 2 unspecified atom stereocenters. The summed E-state index contributed by atoms with van der Waals surface area (Å²) in [4.78, 5) is 12.3. The molecule has 3 saturated heterocycles. The van der Waals surface area contributed by atoms with Crippen molar-refractivity contribution in [3.05, 3.63) is 59.9 Å². The molecule has 0 radical (unpaired) electrons. The van der Waals surface area contributed by atoms with Crippen molar-refractivity contribution in [2.45, 2.75) is 44.7 Å². The molecule has 0 amide bonds. The first kappa shape index (κ1) is 24.1. The number of anilines is 3. The zero-order valence-electron chi connectivity index (χ0n) is 21.8. The van der Waals surface area contributed by atoms with Gasteiger partial charge in [0.05, 0.1) is 11.4 Å². The average molecular weight is 499 g/mol. The van der Waals surface area contributed by atoms with Gasteiger partial charge in [0.1, 0.15) is 0 Å². The van der Waals surface area contributed by atoms with E-state index in [-0.39, 0.29) is 0 Å². The highest BCUT2D eigenvalue weighted by Crippen LogP contribution is 2.38. The summed E-state index contributed by atoms with van der Waals surface area (Å²) in [5.41, 5.74) is 13.1. The van der Waals surface area contributed by atoms with Crippen LogP contribution < -0.4 is 20.9 Å². The normalized spacial score (nSPS) is 22.0. The SMILES string of the molecule is Cc1ccccc1-c1cc(N2CC3CCC(C2)N3c2ccnc(CCCN3CCNCC3)c2)c(N)nn1. The smallest absolute Gasteiger partial charge is 0.169 e. The zero-order valence-corrected chi connectivity index (χ0v) is 21.8. The molecule has 8 nitrogen and oxygen atoms in total. The monoisotopic (exact) mass is 498 g/mol. The minimum absolute atomic E-state index is 0.462. The third-order valence-corrected chi connectivity index (χ3v) is 8.26. The minimum Gasteiger partial charge on any atom is -0.380 e. The quantitative estimate of drug-likeness (QED) is 0.514. The number of benzene rings is 1. The molecular weight excluding hydrogens is 460 g/mol. The fourth-order valence-electron chi connectivity index (χ4n) is 6.34. The Morgan fingerprint density at radius 1 is 1.00 bits per heavy atom. The lowest BCUT2D eigenvalue weighted by molar-refractivity contribution is 0.238. The molecule has 8 heteroatoms. The molecule has 2 aromatic heterocycles. The van der Waals surface area contributed by atoms with E-state index >= 15 is 0 Å². The Morgan fingerprint density at radius 2 is 1.78 bits per heavy atom. The predicted molar refractivity (Wildman–Crippen MR) is 150 cm³/mol. The summed E-state index contributed by atoms with van der Waals surface area (Å²) in [7, 11) is 0. The molecule has 3 aliphatic rings. The van der Waals surface area contributed by atoms with Crippen LogP contribution in [-0.2, 0) is 6.42 Å². The van der Waals surface area contributed by atoms with Crippen LogP contribution in [0.1, 0.15) is 30.5 Å². The topological polar surface area (TPSA) is 86.4 Å². The van der Waals surface area contributed by atoms with Gasteiger partial charge >= 0.3 is 0 Å². The molecule has 2 atom stereocenters. The first-order valence-electron chi connectivity index (χ1n) is 13.8. The van der Waals surface area contributed by atoms with Gasteiger partial charge in [0.2, 0.25) is 0 Å². The third-order valence-electron chi connectivity index (χ3n) is 8.26. The number of pyridine rings is 1. The van der Waals surface area contributed by atoms with Crippen molar-refractivity contribution in [3.63, 3.8) is 0 Å². The van der Waals surface area contributed by atoms with Crippen LogP contribution in [0.3, 0.4) is 0 Å². The Morgan fingerprint density at radius 3 is 2.57 bits per heavy atom. The summed E-state index contributed by atoms with van der Waals surface area (Å²) in [5, 5.41) is 12.2. The lowest BCUT2D eigenvalue weighted by Gasteiger charge is -2.43. The number of hydrogen-bond acceptors (Lipinski definition) is 8. The van der Waals surface area contributed by atoms with Gasteiger partial charge in [-0.05, 0) is 62.9 Å². The summed E-state index contributed by atoms with van der Waals surface area (Å²) < 4.78 is 0. The van der Waals surface area contributed by atoms with Gasteiger partial charge in [0.25, 0.3) is 0 Å². The van der Waals surface area contributed by atoms with Gasteiger partial charge < -0.3 is 25.8 Å². The zero-order chi connectivity index (χ0) is 25.2. The number of rotatable bonds is 7. The van der Waals surface area contributed by atoms with Gasteiger partial charge in [0, 0.05) is 74.5 Å². The second-order valence-corrected chi connectivity index (χ2v) is 10.7.